The van der Waals surface area contributed by atoms with E-state index in [1.807, 2.05) is 14.0 Å². The van der Waals surface area contributed by atoms with Crippen molar-refractivity contribution < 1.29 is 0 Å². The van der Waals surface area contributed by atoms with Gasteiger partial charge in [0.2, 0.25) is 0 Å². The molecular weight excluding hydrogens is 250 g/mol. The molecule has 5 heteroatoms. The van der Waals surface area contributed by atoms with Crippen molar-refractivity contribution >= 4 is 5.69 Å². The molecule has 5 nitrogen and oxygen atoms in total. The summed E-state index contributed by atoms with van der Waals surface area (Å²) in [6.45, 7) is 4.53. The van der Waals surface area contributed by atoms with Crippen LogP contribution in [0, 0.1) is 6.92 Å². The molecule has 0 fully saturated rings. The van der Waals surface area contributed by atoms with E-state index in [2.05, 4.69) is 43.9 Å². The Morgan fingerprint density at radius 3 is 2.80 bits per heavy atom. The minimum absolute atomic E-state index is 0.533. The first-order valence-corrected chi connectivity index (χ1v) is 7.09. The summed E-state index contributed by atoms with van der Waals surface area (Å²) in [5.41, 5.74) is 8.47. The van der Waals surface area contributed by atoms with Gasteiger partial charge in [-0.25, -0.2) is 0 Å². The van der Waals surface area contributed by atoms with Crippen LogP contribution in [0.25, 0.3) is 0 Å². The zero-order chi connectivity index (χ0) is 14.1. The van der Waals surface area contributed by atoms with E-state index in [-0.39, 0.29) is 0 Å². The molecule has 0 saturated carbocycles. The molecular formula is C15H21N5. The summed E-state index contributed by atoms with van der Waals surface area (Å²) < 4.78 is 2.05. The molecule has 0 bridgehead atoms. The number of hydrogen-bond acceptors (Lipinski definition) is 4. The van der Waals surface area contributed by atoms with Gasteiger partial charge in [-0.05, 0) is 31.5 Å². The number of aromatic nitrogens is 3. The minimum Gasteiger partial charge on any atom is -0.363 e. The van der Waals surface area contributed by atoms with Crippen LogP contribution in [0.2, 0.25) is 0 Å². The second-order valence-corrected chi connectivity index (χ2v) is 5.44. The molecule has 1 unspecified atom stereocenters. The van der Waals surface area contributed by atoms with E-state index in [0.717, 1.165) is 37.7 Å². The minimum atomic E-state index is 0.533. The standard InChI is InChI=1S/C15H21N5/c1-11-17-18-15(19(11)2)10-20-9-12(7-8-16)13-5-3-4-6-14(13)20/h3-6,12H,7-10,16H2,1-2H3. The van der Waals surface area contributed by atoms with E-state index in [9.17, 15) is 0 Å². The van der Waals surface area contributed by atoms with Crippen molar-refractivity contribution in [2.75, 3.05) is 18.0 Å². The van der Waals surface area contributed by atoms with E-state index in [1.54, 1.807) is 0 Å². The third-order valence-electron chi connectivity index (χ3n) is 4.19. The van der Waals surface area contributed by atoms with Gasteiger partial charge in [0.15, 0.2) is 5.82 Å². The first-order chi connectivity index (χ1) is 9.70. The predicted molar refractivity (Wildman–Crippen MR) is 79.6 cm³/mol. The average Bonchev–Trinajstić information content (AvgIpc) is 2.96. The van der Waals surface area contributed by atoms with Crippen LogP contribution in [0.1, 0.15) is 29.6 Å². The Balaban J connectivity index is 1.86. The number of nitrogens with two attached hydrogens (primary N) is 1. The van der Waals surface area contributed by atoms with Crippen molar-refractivity contribution in [3.8, 4) is 0 Å². The summed E-state index contributed by atoms with van der Waals surface area (Å²) in [6, 6.07) is 8.61. The highest BCUT2D eigenvalue weighted by Gasteiger charge is 2.28. The Hall–Kier alpha value is -1.88. The lowest BCUT2D eigenvalue weighted by Gasteiger charge is -2.19. The molecule has 1 aliphatic heterocycles. The van der Waals surface area contributed by atoms with Crippen LogP contribution in [-0.2, 0) is 13.6 Å². The molecule has 0 amide bonds. The molecule has 2 heterocycles. The summed E-state index contributed by atoms with van der Waals surface area (Å²) in [5.74, 6) is 2.49. The average molecular weight is 271 g/mol. The Morgan fingerprint density at radius 2 is 2.10 bits per heavy atom. The van der Waals surface area contributed by atoms with E-state index < -0.39 is 0 Å². The normalized spacial score (nSPS) is 17.6. The molecule has 20 heavy (non-hydrogen) atoms. The van der Waals surface area contributed by atoms with Gasteiger partial charge in [0.05, 0.1) is 6.54 Å². The summed E-state index contributed by atoms with van der Waals surface area (Å²) in [7, 11) is 2.02. The zero-order valence-corrected chi connectivity index (χ0v) is 12.1. The lowest BCUT2D eigenvalue weighted by atomic mass is 9.98. The maximum Gasteiger partial charge on any atom is 0.152 e. The zero-order valence-electron chi connectivity index (χ0n) is 12.1. The molecule has 106 valence electrons. The molecule has 0 aliphatic carbocycles. The SMILES string of the molecule is Cc1nnc(CN2CC(CCN)c3ccccc32)n1C. The fraction of sp³-hybridized carbons (Fsp3) is 0.467. The molecule has 0 radical (unpaired) electrons. The largest absolute Gasteiger partial charge is 0.363 e. The second kappa shape index (κ2) is 5.25. The van der Waals surface area contributed by atoms with E-state index in [4.69, 9.17) is 5.73 Å². The molecule has 1 aliphatic rings. The molecule has 0 saturated heterocycles. The van der Waals surface area contributed by atoms with E-state index in [1.165, 1.54) is 11.3 Å². The van der Waals surface area contributed by atoms with Gasteiger partial charge >= 0.3 is 0 Å². The van der Waals surface area contributed by atoms with Gasteiger partial charge in [0.25, 0.3) is 0 Å². The summed E-state index contributed by atoms with van der Waals surface area (Å²) in [5, 5.41) is 8.41. The lowest BCUT2D eigenvalue weighted by molar-refractivity contribution is 0.630. The summed E-state index contributed by atoms with van der Waals surface area (Å²) >= 11 is 0. The number of para-hydroxylation sites is 1. The van der Waals surface area contributed by atoms with Gasteiger partial charge in [0.1, 0.15) is 5.82 Å². The van der Waals surface area contributed by atoms with Gasteiger partial charge in [-0.2, -0.15) is 0 Å². The number of aryl methyl sites for hydroxylation is 1. The lowest BCUT2D eigenvalue weighted by Crippen LogP contribution is -2.24. The molecule has 1 aromatic heterocycles. The van der Waals surface area contributed by atoms with Crippen LogP contribution in [0.4, 0.5) is 5.69 Å². The Morgan fingerprint density at radius 1 is 1.30 bits per heavy atom. The van der Waals surface area contributed by atoms with Crippen LogP contribution in [0.15, 0.2) is 24.3 Å². The second-order valence-electron chi connectivity index (χ2n) is 5.44. The Kier molecular flexibility index (Phi) is 3.44. The molecule has 2 aromatic rings. The molecule has 1 aromatic carbocycles. The van der Waals surface area contributed by atoms with Crippen molar-refractivity contribution in [1.29, 1.82) is 0 Å². The monoisotopic (exact) mass is 271 g/mol. The van der Waals surface area contributed by atoms with Gasteiger partial charge < -0.3 is 15.2 Å². The number of benzene rings is 1. The Labute approximate surface area is 119 Å². The van der Waals surface area contributed by atoms with Crippen molar-refractivity contribution in [2.24, 2.45) is 12.8 Å². The number of rotatable bonds is 4. The third-order valence-corrected chi connectivity index (χ3v) is 4.19. The van der Waals surface area contributed by atoms with Gasteiger partial charge in [0, 0.05) is 25.2 Å². The fourth-order valence-corrected chi connectivity index (χ4v) is 2.94. The summed E-state index contributed by atoms with van der Waals surface area (Å²) in [4.78, 5) is 2.39. The highest BCUT2D eigenvalue weighted by Crippen LogP contribution is 2.38. The maximum atomic E-state index is 5.75. The Bertz CT molecular complexity index is 604. The predicted octanol–water partition coefficient (Wildman–Crippen LogP) is 1.58. The van der Waals surface area contributed by atoms with Gasteiger partial charge in [-0.15, -0.1) is 10.2 Å². The first kappa shape index (κ1) is 13.1. The highest BCUT2D eigenvalue weighted by molar-refractivity contribution is 5.60. The third kappa shape index (κ3) is 2.18. The highest BCUT2D eigenvalue weighted by atomic mass is 15.3. The molecule has 1 atom stereocenters. The first-order valence-electron chi connectivity index (χ1n) is 7.09. The van der Waals surface area contributed by atoms with E-state index >= 15 is 0 Å². The maximum absolute atomic E-state index is 5.75. The van der Waals surface area contributed by atoms with Crippen molar-refractivity contribution in [3.63, 3.8) is 0 Å². The van der Waals surface area contributed by atoms with Gasteiger partial charge in [-0.3, -0.25) is 0 Å². The number of hydrogen-bond donors (Lipinski definition) is 1. The van der Waals surface area contributed by atoms with Crippen molar-refractivity contribution in [3.05, 3.63) is 41.5 Å². The van der Waals surface area contributed by atoms with E-state index in [0.29, 0.717) is 5.92 Å². The van der Waals surface area contributed by atoms with Crippen LogP contribution in [0.3, 0.4) is 0 Å². The van der Waals surface area contributed by atoms with Crippen molar-refractivity contribution in [2.45, 2.75) is 25.8 Å². The smallest absolute Gasteiger partial charge is 0.152 e. The van der Waals surface area contributed by atoms with Crippen LogP contribution >= 0.6 is 0 Å². The topological polar surface area (TPSA) is 60.0 Å². The number of fused-ring (bicyclic) bond motifs is 1. The quantitative estimate of drug-likeness (QED) is 0.917. The number of anilines is 1. The van der Waals surface area contributed by atoms with Crippen LogP contribution in [-0.4, -0.2) is 27.9 Å². The van der Waals surface area contributed by atoms with Crippen LogP contribution in [0.5, 0.6) is 0 Å². The molecule has 3 rings (SSSR count). The molecule has 2 N–H and O–H groups in total. The van der Waals surface area contributed by atoms with Crippen LogP contribution < -0.4 is 10.6 Å². The number of nitrogens with zero attached hydrogens (tertiary/aromatic N) is 4. The van der Waals surface area contributed by atoms with Gasteiger partial charge in [-0.1, -0.05) is 18.2 Å². The fourth-order valence-electron chi connectivity index (χ4n) is 2.94. The van der Waals surface area contributed by atoms with Crippen molar-refractivity contribution in [1.82, 2.24) is 14.8 Å². The summed E-state index contributed by atoms with van der Waals surface area (Å²) in [6.07, 6.45) is 1.03. The molecule has 0 spiro atoms.